The molecule has 8 heteroatoms. The van der Waals surface area contributed by atoms with E-state index in [-0.39, 0.29) is 11.8 Å². The number of rotatable bonds is 3. The highest BCUT2D eigenvalue weighted by Crippen LogP contribution is 2.23. The van der Waals surface area contributed by atoms with Crippen LogP contribution < -0.4 is 0 Å². The molecule has 0 radical (unpaired) electrons. The third kappa shape index (κ3) is 3.47. The van der Waals surface area contributed by atoms with Gasteiger partial charge in [0.25, 0.3) is 5.90 Å². The van der Waals surface area contributed by atoms with Crippen LogP contribution in [0.1, 0.15) is 37.2 Å². The van der Waals surface area contributed by atoms with Crippen molar-refractivity contribution in [3.8, 4) is 0 Å². The van der Waals surface area contributed by atoms with Gasteiger partial charge in [-0.25, -0.2) is 9.98 Å². The molecule has 8 nitrogen and oxygen atoms in total. The van der Waals surface area contributed by atoms with E-state index in [1.54, 1.807) is 30.7 Å². The van der Waals surface area contributed by atoms with Crippen molar-refractivity contribution < 1.29 is 9.53 Å². The molecule has 0 bridgehead atoms. The Hall–Kier alpha value is -2.90. The fraction of sp³-hybridized carbons (Fsp3) is 0.412. The van der Waals surface area contributed by atoms with Gasteiger partial charge >= 0.3 is 5.91 Å². The average molecular weight is 342 g/mol. The van der Waals surface area contributed by atoms with Crippen molar-refractivity contribution in [2.45, 2.75) is 33.2 Å². The van der Waals surface area contributed by atoms with Crippen LogP contribution in [0.15, 0.2) is 29.3 Å². The first-order chi connectivity index (χ1) is 12.1. The zero-order valence-corrected chi connectivity index (χ0v) is 14.7. The van der Waals surface area contributed by atoms with E-state index < -0.39 is 0 Å². The molecule has 132 valence electrons. The Morgan fingerprint density at radius 3 is 3.00 bits per heavy atom. The molecule has 2 N–H and O–H groups in total. The van der Waals surface area contributed by atoms with E-state index in [1.807, 2.05) is 13.8 Å². The normalized spacial score (nSPS) is 15.6. The summed E-state index contributed by atoms with van der Waals surface area (Å²) in [6.45, 7) is 5.08. The molecular formula is C17H22N6O2. The van der Waals surface area contributed by atoms with Crippen LogP contribution >= 0.6 is 0 Å². The lowest BCUT2D eigenvalue weighted by atomic mass is 10.1. The van der Waals surface area contributed by atoms with E-state index in [9.17, 15) is 4.79 Å². The summed E-state index contributed by atoms with van der Waals surface area (Å²) >= 11 is 0. The van der Waals surface area contributed by atoms with E-state index in [4.69, 9.17) is 4.74 Å². The molecule has 0 fully saturated rings. The van der Waals surface area contributed by atoms with Crippen LogP contribution in [0.4, 0.5) is 0 Å². The maximum atomic E-state index is 12.9. The van der Waals surface area contributed by atoms with E-state index >= 15 is 0 Å². The van der Waals surface area contributed by atoms with Gasteiger partial charge in [-0.1, -0.05) is 6.92 Å². The quantitative estimate of drug-likeness (QED) is 0.505. The minimum Gasteiger partial charge on any atom is -0.434 e. The van der Waals surface area contributed by atoms with Crippen LogP contribution in [0.3, 0.4) is 0 Å². The number of imidazole rings is 1. The lowest BCUT2D eigenvalue weighted by Gasteiger charge is -2.26. The fourth-order valence-electron chi connectivity index (χ4n) is 2.73. The number of nitrogens with zero attached hydrogens (tertiary/aromatic N) is 4. The molecule has 0 aliphatic carbocycles. The summed E-state index contributed by atoms with van der Waals surface area (Å²) in [5.41, 5.74) is 3.79. The lowest BCUT2D eigenvalue weighted by Crippen LogP contribution is -2.41. The summed E-state index contributed by atoms with van der Waals surface area (Å²) in [6.07, 6.45) is 6.59. The second-order valence-electron chi connectivity index (χ2n) is 5.89. The minimum absolute atomic E-state index is 0.0759. The fourth-order valence-corrected chi connectivity index (χ4v) is 2.73. The molecule has 1 aliphatic rings. The van der Waals surface area contributed by atoms with E-state index in [0.29, 0.717) is 18.8 Å². The van der Waals surface area contributed by atoms with Gasteiger partial charge in [-0.15, -0.1) is 0 Å². The summed E-state index contributed by atoms with van der Waals surface area (Å²) in [6, 6.07) is 0. The Bertz CT molecular complexity index is 803. The molecule has 0 unspecified atom stereocenters. The number of H-pyrrole nitrogens is 2. The molecular weight excluding hydrogens is 320 g/mol. The number of aromatic amines is 2. The van der Waals surface area contributed by atoms with Crippen LogP contribution in [0, 0.1) is 0 Å². The maximum absolute atomic E-state index is 12.9. The number of fused-ring (bicyclic) bond motifs is 1. The van der Waals surface area contributed by atoms with Gasteiger partial charge in [-0.05, 0) is 18.9 Å². The number of amides is 1. The number of hydrogen-bond acceptors (Lipinski definition) is 5. The highest BCUT2D eigenvalue weighted by Gasteiger charge is 2.27. The molecule has 3 heterocycles. The molecule has 1 aliphatic heterocycles. The summed E-state index contributed by atoms with van der Waals surface area (Å²) < 4.78 is 5.93. The maximum Gasteiger partial charge on any atom is 0.309 e. The number of carbonyl (C=O) groups excluding carboxylic acids is 1. The van der Waals surface area contributed by atoms with Gasteiger partial charge in [0.1, 0.15) is 5.76 Å². The summed E-state index contributed by atoms with van der Waals surface area (Å²) in [4.78, 5) is 26.0. The Balaban J connectivity index is 1.79. The number of allylic oxidation sites excluding steroid dienone is 1. The van der Waals surface area contributed by atoms with Gasteiger partial charge in [0.05, 0.1) is 36.0 Å². The summed E-state index contributed by atoms with van der Waals surface area (Å²) in [7, 11) is 1.56. The molecule has 2 aromatic rings. The Morgan fingerprint density at radius 1 is 1.48 bits per heavy atom. The molecule has 0 atom stereocenters. The van der Waals surface area contributed by atoms with Crippen LogP contribution in [-0.2, 0) is 22.5 Å². The first kappa shape index (κ1) is 16.9. The van der Waals surface area contributed by atoms with E-state index in [2.05, 4.69) is 25.2 Å². The zero-order chi connectivity index (χ0) is 17.8. The summed E-state index contributed by atoms with van der Waals surface area (Å²) in [5, 5.41) is 6.73. The van der Waals surface area contributed by atoms with Gasteiger partial charge in [0, 0.05) is 26.2 Å². The molecule has 2 aromatic heterocycles. The van der Waals surface area contributed by atoms with Crippen molar-refractivity contribution >= 4 is 17.6 Å². The summed E-state index contributed by atoms with van der Waals surface area (Å²) in [5.74, 6) is 0.462. The van der Waals surface area contributed by atoms with Gasteiger partial charge in [-0.2, -0.15) is 5.10 Å². The van der Waals surface area contributed by atoms with Crippen LogP contribution in [0.25, 0.3) is 5.76 Å². The number of aliphatic imine (C=N–C) groups is 1. The number of ether oxygens (including phenoxy) is 1. The first-order valence-corrected chi connectivity index (χ1v) is 8.28. The highest BCUT2D eigenvalue weighted by atomic mass is 16.5. The number of carbonyl (C=O) groups is 1. The van der Waals surface area contributed by atoms with Gasteiger partial charge in [0.15, 0.2) is 0 Å². The Labute approximate surface area is 146 Å². The smallest absolute Gasteiger partial charge is 0.309 e. The molecule has 1 amide bonds. The largest absolute Gasteiger partial charge is 0.434 e. The molecule has 0 spiro atoms. The van der Waals surface area contributed by atoms with Crippen molar-refractivity contribution in [1.82, 2.24) is 25.1 Å². The SMILES string of the molecule is CC/C(C)=C(\OC(=NC)C(=O)N1CCc2nc[nH]c2C1)c1cn[nH]c1. The number of aromatic nitrogens is 4. The second-order valence-corrected chi connectivity index (χ2v) is 5.89. The lowest BCUT2D eigenvalue weighted by molar-refractivity contribution is -0.126. The number of nitrogens with one attached hydrogen (secondary N) is 2. The van der Waals surface area contributed by atoms with Gasteiger partial charge in [-0.3, -0.25) is 9.89 Å². The molecule has 3 rings (SSSR count). The van der Waals surface area contributed by atoms with Crippen molar-refractivity contribution in [2.75, 3.05) is 13.6 Å². The minimum atomic E-state index is -0.229. The molecule has 0 aromatic carbocycles. The Morgan fingerprint density at radius 2 is 2.32 bits per heavy atom. The predicted molar refractivity (Wildman–Crippen MR) is 93.6 cm³/mol. The van der Waals surface area contributed by atoms with Gasteiger partial charge < -0.3 is 14.6 Å². The third-order valence-corrected chi connectivity index (χ3v) is 4.33. The van der Waals surface area contributed by atoms with Crippen LogP contribution in [0.2, 0.25) is 0 Å². The van der Waals surface area contributed by atoms with Crippen LogP contribution in [0.5, 0.6) is 0 Å². The first-order valence-electron chi connectivity index (χ1n) is 8.28. The zero-order valence-electron chi connectivity index (χ0n) is 14.7. The highest BCUT2D eigenvalue weighted by molar-refractivity contribution is 6.36. The molecule has 25 heavy (non-hydrogen) atoms. The monoisotopic (exact) mass is 342 g/mol. The third-order valence-electron chi connectivity index (χ3n) is 4.33. The average Bonchev–Trinajstić information content (AvgIpc) is 3.32. The molecule has 0 saturated carbocycles. The van der Waals surface area contributed by atoms with Crippen molar-refractivity contribution in [3.05, 3.63) is 41.2 Å². The van der Waals surface area contributed by atoms with E-state index in [1.165, 1.54) is 0 Å². The standard InChI is InChI=1S/C17H22N6O2/c1-4-11(2)15(12-7-21-22-8-12)25-16(18-3)17(24)23-6-5-13-14(9-23)20-10-19-13/h7-8,10H,4-6,9H2,1-3H3,(H,19,20)(H,21,22)/b15-11-,18-16?. The second kappa shape index (κ2) is 7.33. The van der Waals surface area contributed by atoms with Crippen LogP contribution in [-0.4, -0.2) is 50.5 Å². The van der Waals surface area contributed by atoms with Crippen molar-refractivity contribution in [2.24, 2.45) is 4.99 Å². The molecule has 0 saturated heterocycles. The Kier molecular flexibility index (Phi) is 4.97. The van der Waals surface area contributed by atoms with Crippen molar-refractivity contribution in [3.63, 3.8) is 0 Å². The van der Waals surface area contributed by atoms with Gasteiger partial charge in [0.2, 0.25) is 0 Å². The predicted octanol–water partition coefficient (Wildman–Crippen LogP) is 1.90. The van der Waals surface area contributed by atoms with Crippen molar-refractivity contribution in [1.29, 1.82) is 0 Å². The topological polar surface area (TPSA) is 99.3 Å². The van der Waals surface area contributed by atoms with E-state index in [0.717, 1.165) is 35.4 Å². The number of hydrogen-bond donors (Lipinski definition) is 2.